The standard InChI is InChI=1S/C16H18N2O2/c1-11-9-17-12(2)18-14(11)8-7-13-10-19-15-5-3-4-6-16(15)20-13/h3-6,9,13H,7-8,10H2,1-2H3. The molecule has 1 aliphatic heterocycles. The molecule has 0 saturated heterocycles. The van der Waals surface area contributed by atoms with Gasteiger partial charge in [-0.25, -0.2) is 9.97 Å². The van der Waals surface area contributed by atoms with Crippen LogP contribution in [0.4, 0.5) is 0 Å². The molecule has 0 saturated carbocycles. The molecule has 2 aromatic rings. The second-order valence-electron chi connectivity index (χ2n) is 5.08. The third kappa shape index (κ3) is 2.74. The first-order valence-electron chi connectivity index (χ1n) is 6.90. The van der Waals surface area contributed by atoms with E-state index < -0.39 is 0 Å². The molecule has 1 unspecified atom stereocenters. The van der Waals surface area contributed by atoms with Gasteiger partial charge in [0.25, 0.3) is 0 Å². The molecule has 0 fully saturated rings. The molecule has 0 radical (unpaired) electrons. The van der Waals surface area contributed by atoms with Crippen LogP contribution in [0.1, 0.15) is 23.5 Å². The molecule has 1 aliphatic rings. The zero-order valence-electron chi connectivity index (χ0n) is 11.8. The summed E-state index contributed by atoms with van der Waals surface area (Å²) < 4.78 is 11.7. The lowest BCUT2D eigenvalue weighted by Crippen LogP contribution is -2.29. The minimum Gasteiger partial charge on any atom is -0.486 e. The maximum atomic E-state index is 5.96. The lowest BCUT2D eigenvalue weighted by atomic mass is 10.1. The topological polar surface area (TPSA) is 44.2 Å². The van der Waals surface area contributed by atoms with Crippen LogP contribution in [0, 0.1) is 13.8 Å². The largest absolute Gasteiger partial charge is 0.486 e. The van der Waals surface area contributed by atoms with Gasteiger partial charge in [0.2, 0.25) is 0 Å². The molecule has 2 heterocycles. The maximum Gasteiger partial charge on any atom is 0.161 e. The lowest BCUT2D eigenvalue weighted by Gasteiger charge is -2.26. The zero-order chi connectivity index (χ0) is 13.9. The van der Waals surface area contributed by atoms with Crippen LogP contribution in [0.3, 0.4) is 0 Å². The molecular formula is C16H18N2O2. The SMILES string of the molecule is Cc1ncc(C)c(CCC2COc3ccccc3O2)n1. The Morgan fingerprint density at radius 2 is 2.00 bits per heavy atom. The van der Waals surface area contributed by atoms with E-state index in [1.807, 2.05) is 44.3 Å². The summed E-state index contributed by atoms with van der Waals surface area (Å²) >= 11 is 0. The third-order valence-electron chi connectivity index (χ3n) is 3.47. The Kier molecular flexibility index (Phi) is 3.54. The fourth-order valence-corrected chi connectivity index (χ4v) is 2.33. The quantitative estimate of drug-likeness (QED) is 0.860. The number of ether oxygens (including phenoxy) is 2. The Labute approximate surface area is 118 Å². The van der Waals surface area contributed by atoms with Crippen LogP contribution in [0.15, 0.2) is 30.5 Å². The summed E-state index contributed by atoms with van der Waals surface area (Å²) in [5.41, 5.74) is 2.23. The smallest absolute Gasteiger partial charge is 0.161 e. The summed E-state index contributed by atoms with van der Waals surface area (Å²) in [5, 5.41) is 0. The number of aryl methyl sites for hydroxylation is 3. The summed E-state index contributed by atoms with van der Waals surface area (Å²) in [7, 11) is 0. The van der Waals surface area contributed by atoms with Gasteiger partial charge in [0.05, 0.1) is 0 Å². The minimum absolute atomic E-state index is 0.0829. The first kappa shape index (κ1) is 12.9. The zero-order valence-corrected chi connectivity index (χ0v) is 11.8. The van der Waals surface area contributed by atoms with Crippen molar-refractivity contribution in [3.63, 3.8) is 0 Å². The minimum atomic E-state index is 0.0829. The predicted molar refractivity (Wildman–Crippen MR) is 76.2 cm³/mol. The van der Waals surface area contributed by atoms with Crippen molar-refractivity contribution in [2.45, 2.75) is 32.8 Å². The summed E-state index contributed by atoms with van der Waals surface area (Å²) in [5.74, 6) is 2.48. The van der Waals surface area contributed by atoms with Crippen LogP contribution in [0.2, 0.25) is 0 Å². The van der Waals surface area contributed by atoms with Crippen LogP contribution in [0.25, 0.3) is 0 Å². The van der Waals surface area contributed by atoms with Gasteiger partial charge in [-0.1, -0.05) is 12.1 Å². The van der Waals surface area contributed by atoms with Crippen LogP contribution in [-0.4, -0.2) is 22.7 Å². The van der Waals surface area contributed by atoms with E-state index in [9.17, 15) is 0 Å². The molecule has 104 valence electrons. The van der Waals surface area contributed by atoms with Crippen molar-refractivity contribution in [1.29, 1.82) is 0 Å². The van der Waals surface area contributed by atoms with Gasteiger partial charge in [-0.05, 0) is 44.4 Å². The Morgan fingerprint density at radius 3 is 2.85 bits per heavy atom. The van der Waals surface area contributed by atoms with Crippen molar-refractivity contribution in [2.75, 3.05) is 6.61 Å². The van der Waals surface area contributed by atoms with Gasteiger partial charge in [-0.2, -0.15) is 0 Å². The van der Waals surface area contributed by atoms with E-state index in [-0.39, 0.29) is 6.10 Å². The second kappa shape index (κ2) is 5.49. The molecule has 4 nitrogen and oxygen atoms in total. The van der Waals surface area contributed by atoms with Crippen molar-refractivity contribution in [3.8, 4) is 11.5 Å². The maximum absolute atomic E-state index is 5.96. The van der Waals surface area contributed by atoms with Gasteiger partial charge in [0, 0.05) is 11.9 Å². The molecule has 1 aromatic heterocycles. The molecule has 0 spiro atoms. The number of fused-ring (bicyclic) bond motifs is 1. The van der Waals surface area contributed by atoms with E-state index in [4.69, 9.17) is 9.47 Å². The molecule has 1 aromatic carbocycles. The van der Waals surface area contributed by atoms with Gasteiger partial charge in [-0.15, -0.1) is 0 Å². The van der Waals surface area contributed by atoms with E-state index in [2.05, 4.69) is 9.97 Å². The van der Waals surface area contributed by atoms with Crippen molar-refractivity contribution in [2.24, 2.45) is 0 Å². The van der Waals surface area contributed by atoms with Gasteiger partial charge in [0.15, 0.2) is 11.5 Å². The first-order chi connectivity index (χ1) is 9.72. The molecule has 0 aliphatic carbocycles. The summed E-state index contributed by atoms with van der Waals surface area (Å²) in [4.78, 5) is 8.69. The number of benzene rings is 1. The molecule has 3 rings (SSSR count). The van der Waals surface area contributed by atoms with E-state index >= 15 is 0 Å². The highest BCUT2D eigenvalue weighted by Gasteiger charge is 2.20. The monoisotopic (exact) mass is 270 g/mol. The predicted octanol–water partition coefficient (Wildman–Crippen LogP) is 2.87. The normalized spacial score (nSPS) is 17.0. The number of hydrogen-bond donors (Lipinski definition) is 0. The highest BCUT2D eigenvalue weighted by Crippen LogP contribution is 2.31. The van der Waals surface area contributed by atoms with Crippen molar-refractivity contribution in [1.82, 2.24) is 9.97 Å². The van der Waals surface area contributed by atoms with E-state index in [0.717, 1.165) is 41.4 Å². The van der Waals surface area contributed by atoms with Crippen molar-refractivity contribution in [3.05, 3.63) is 47.5 Å². The Morgan fingerprint density at radius 1 is 1.20 bits per heavy atom. The molecule has 0 N–H and O–H groups in total. The molecule has 1 atom stereocenters. The fourth-order valence-electron chi connectivity index (χ4n) is 2.33. The Bertz CT molecular complexity index is 613. The highest BCUT2D eigenvalue weighted by molar-refractivity contribution is 5.40. The van der Waals surface area contributed by atoms with Crippen LogP contribution in [-0.2, 0) is 6.42 Å². The number of rotatable bonds is 3. The number of hydrogen-bond acceptors (Lipinski definition) is 4. The fraction of sp³-hybridized carbons (Fsp3) is 0.375. The summed E-state index contributed by atoms with van der Waals surface area (Å²) in [6, 6.07) is 7.79. The summed E-state index contributed by atoms with van der Waals surface area (Å²) in [6.45, 7) is 4.56. The van der Waals surface area contributed by atoms with E-state index in [1.165, 1.54) is 0 Å². The van der Waals surface area contributed by atoms with Gasteiger partial charge in [0.1, 0.15) is 18.5 Å². The molecule has 0 bridgehead atoms. The first-order valence-corrected chi connectivity index (χ1v) is 6.90. The van der Waals surface area contributed by atoms with E-state index in [1.54, 1.807) is 0 Å². The van der Waals surface area contributed by atoms with Crippen LogP contribution >= 0.6 is 0 Å². The van der Waals surface area contributed by atoms with Crippen molar-refractivity contribution < 1.29 is 9.47 Å². The van der Waals surface area contributed by atoms with Crippen LogP contribution in [0.5, 0.6) is 11.5 Å². The Hall–Kier alpha value is -2.10. The van der Waals surface area contributed by atoms with Gasteiger partial charge in [-0.3, -0.25) is 0 Å². The van der Waals surface area contributed by atoms with Crippen molar-refractivity contribution >= 4 is 0 Å². The van der Waals surface area contributed by atoms with E-state index in [0.29, 0.717) is 6.61 Å². The summed E-state index contributed by atoms with van der Waals surface area (Å²) in [6.07, 6.45) is 3.74. The molecule has 20 heavy (non-hydrogen) atoms. The number of nitrogens with zero attached hydrogens (tertiary/aromatic N) is 2. The average molecular weight is 270 g/mol. The van der Waals surface area contributed by atoms with Crippen LogP contribution < -0.4 is 9.47 Å². The Balaban J connectivity index is 1.64. The molecule has 4 heteroatoms. The average Bonchev–Trinajstić information content (AvgIpc) is 2.48. The number of aromatic nitrogens is 2. The lowest BCUT2D eigenvalue weighted by molar-refractivity contribution is 0.0849. The molecular weight excluding hydrogens is 252 g/mol. The molecule has 0 amide bonds. The number of para-hydroxylation sites is 2. The second-order valence-corrected chi connectivity index (χ2v) is 5.08. The highest BCUT2D eigenvalue weighted by atomic mass is 16.6. The van der Waals surface area contributed by atoms with Gasteiger partial charge < -0.3 is 9.47 Å². The van der Waals surface area contributed by atoms with Gasteiger partial charge >= 0.3 is 0 Å². The third-order valence-corrected chi connectivity index (χ3v) is 3.47.